The number of benzene rings is 1. The summed E-state index contributed by atoms with van der Waals surface area (Å²) in [7, 11) is 3.05. The molecule has 0 saturated heterocycles. The van der Waals surface area contributed by atoms with Crippen LogP contribution in [0.5, 0.6) is 11.5 Å². The lowest BCUT2D eigenvalue weighted by atomic mass is 10.0. The highest BCUT2D eigenvalue weighted by Crippen LogP contribution is 2.31. The first-order valence-electron chi connectivity index (χ1n) is 4.83. The molecule has 1 rings (SSSR count). The zero-order valence-corrected chi connectivity index (χ0v) is 10.1. The second kappa shape index (κ2) is 5.98. The number of hydrogen-bond donors (Lipinski definition) is 3. The van der Waals surface area contributed by atoms with Crippen LogP contribution in [0.25, 0.3) is 0 Å². The molecule has 0 aliphatic carbocycles. The number of aliphatic hydroxyl groups excluding tert-OH is 2. The highest BCUT2D eigenvalue weighted by atomic mass is 32.1. The Bertz CT molecular complexity index is 343. The average Bonchev–Trinajstić information content (AvgIpc) is 2.35. The number of ether oxygens (including phenoxy) is 2. The second-order valence-electron chi connectivity index (χ2n) is 3.30. The smallest absolute Gasteiger partial charge is 0.128 e. The average molecular weight is 244 g/mol. The van der Waals surface area contributed by atoms with Crippen molar-refractivity contribution in [3.8, 4) is 11.5 Å². The fraction of sp³-hybridized carbons (Fsp3) is 0.455. The van der Waals surface area contributed by atoms with E-state index in [1.807, 2.05) is 0 Å². The quantitative estimate of drug-likeness (QED) is 0.677. The van der Waals surface area contributed by atoms with E-state index in [1.54, 1.807) is 25.3 Å². The van der Waals surface area contributed by atoms with E-state index < -0.39 is 12.2 Å². The summed E-state index contributed by atoms with van der Waals surface area (Å²) in [5, 5.41) is 19.4. The molecule has 0 aliphatic heterocycles. The fourth-order valence-corrected chi connectivity index (χ4v) is 1.57. The molecule has 0 aromatic heterocycles. The molecule has 1 aromatic carbocycles. The Morgan fingerprint density at radius 2 is 1.94 bits per heavy atom. The Kier molecular flexibility index (Phi) is 4.92. The normalized spacial score (nSPS) is 14.3. The Labute approximate surface area is 100 Å². The highest BCUT2D eigenvalue weighted by Gasteiger charge is 2.20. The van der Waals surface area contributed by atoms with Crippen LogP contribution >= 0.6 is 12.6 Å². The molecule has 0 fully saturated rings. The van der Waals surface area contributed by atoms with Crippen molar-refractivity contribution < 1.29 is 19.7 Å². The summed E-state index contributed by atoms with van der Waals surface area (Å²) in [6, 6.07) is 5.02. The van der Waals surface area contributed by atoms with Gasteiger partial charge in [0.2, 0.25) is 0 Å². The molecule has 2 atom stereocenters. The molecule has 5 heteroatoms. The van der Waals surface area contributed by atoms with E-state index in [0.717, 1.165) is 0 Å². The van der Waals surface area contributed by atoms with E-state index in [-0.39, 0.29) is 5.75 Å². The molecule has 1 aromatic rings. The van der Waals surface area contributed by atoms with Crippen LogP contribution < -0.4 is 9.47 Å². The number of methoxy groups -OCH3 is 2. The van der Waals surface area contributed by atoms with Gasteiger partial charge in [0.25, 0.3) is 0 Å². The largest absolute Gasteiger partial charge is 0.497 e. The van der Waals surface area contributed by atoms with Gasteiger partial charge in [0.05, 0.1) is 20.3 Å². The predicted octanol–water partition coefficient (Wildman–Crippen LogP) is 1.03. The van der Waals surface area contributed by atoms with Crippen molar-refractivity contribution in [3.63, 3.8) is 0 Å². The van der Waals surface area contributed by atoms with Crippen molar-refractivity contribution in [1.29, 1.82) is 0 Å². The van der Waals surface area contributed by atoms with Crippen molar-refractivity contribution >= 4 is 12.6 Å². The van der Waals surface area contributed by atoms with Crippen LogP contribution in [0.1, 0.15) is 11.7 Å². The second-order valence-corrected chi connectivity index (χ2v) is 3.67. The summed E-state index contributed by atoms with van der Waals surface area (Å²) in [5.74, 6) is 1.29. The zero-order valence-electron chi connectivity index (χ0n) is 9.25. The molecule has 4 nitrogen and oxygen atoms in total. The third-order valence-electron chi connectivity index (χ3n) is 2.31. The van der Waals surface area contributed by atoms with Gasteiger partial charge in [-0.15, -0.1) is 0 Å². The Morgan fingerprint density at radius 1 is 1.25 bits per heavy atom. The van der Waals surface area contributed by atoms with E-state index in [1.165, 1.54) is 7.11 Å². The van der Waals surface area contributed by atoms with Gasteiger partial charge >= 0.3 is 0 Å². The molecule has 0 radical (unpaired) electrons. The van der Waals surface area contributed by atoms with Crippen LogP contribution in [0.4, 0.5) is 0 Å². The summed E-state index contributed by atoms with van der Waals surface area (Å²) in [5.41, 5.74) is 0.518. The van der Waals surface area contributed by atoms with Crippen molar-refractivity contribution in [2.45, 2.75) is 12.2 Å². The Hall–Kier alpha value is -0.910. The van der Waals surface area contributed by atoms with Crippen LogP contribution in [0, 0.1) is 0 Å². The van der Waals surface area contributed by atoms with Gasteiger partial charge in [0.15, 0.2) is 0 Å². The molecule has 0 amide bonds. The SMILES string of the molecule is COc1ccc(C(O)C(O)CS)c(OC)c1. The molecule has 0 aliphatic rings. The standard InChI is InChI=1S/C11H16O4S/c1-14-7-3-4-8(10(5-7)15-2)11(13)9(12)6-16/h3-5,9,11-13,16H,6H2,1-2H3. The molecular weight excluding hydrogens is 228 g/mol. The maximum Gasteiger partial charge on any atom is 0.128 e. The third-order valence-corrected chi connectivity index (χ3v) is 2.68. The lowest BCUT2D eigenvalue weighted by Crippen LogP contribution is -2.20. The molecule has 0 spiro atoms. The first-order chi connectivity index (χ1) is 7.63. The molecule has 2 N–H and O–H groups in total. The summed E-state index contributed by atoms with van der Waals surface area (Å²) in [6.07, 6.45) is -1.94. The third kappa shape index (κ3) is 2.81. The monoisotopic (exact) mass is 244 g/mol. The van der Waals surface area contributed by atoms with Gasteiger partial charge in [0.1, 0.15) is 17.6 Å². The van der Waals surface area contributed by atoms with Gasteiger partial charge in [-0.05, 0) is 12.1 Å². The molecule has 16 heavy (non-hydrogen) atoms. The number of rotatable bonds is 5. The van der Waals surface area contributed by atoms with Crippen LogP contribution in [-0.2, 0) is 0 Å². The number of hydrogen-bond acceptors (Lipinski definition) is 5. The van der Waals surface area contributed by atoms with Crippen molar-refractivity contribution in [2.24, 2.45) is 0 Å². The molecule has 90 valence electrons. The Morgan fingerprint density at radius 3 is 2.44 bits per heavy atom. The molecule has 0 heterocycles. The van der Waals surface area contributed by atoms with Gasteiger partial charge in [-0.1, -0.05) is 0 Å². The lowest BCUT2D eigenvalue weighted by Gasteiger charge is -2.19. The molecule has 2 unspecified atom stereocenters. The fourth-order valence-electron chi connectivity index (χ4n) is 1.37. The van der Waals surface area contributed by atoms with Gasteiger partial charge in [-0.3, -0.25) is 0 Å². The van der Waals surface area contributed by atoms with Crippen LogP contribution in [0.15, 0.2) is 18.2 Å². The lowest BCUT2D eigenvalue weighted by molar-refractivity contribution is 0.0322. The summed E-state index contributed by atoms with van der Waals surface area (Å²) in [6.45, 7) is 0. The van der Waals surface area contributed by atoms with Gasteiger partial charge in [-0.2, -0.15) is 12.6 Å². The summed E-state index contributed by atoms with van der Waals surface area (Å²) in [4.78, 5) is 0. The number of thiol groups is 1. The number of aliphatic hydroxyl groups is 2. The van der Waals surface area contributed by atoms with E-state index in [4.69, 9.17) is 9.47 Å². The predicted molar refractivity (Wildman–Crippen MR) is 64.4 cm³/mol. The molecule has 0 saturated carbocycles. The highest BCUT2D eigenvalue weighted by molar-refractivity contribution is 7.80. The Balaban J connectivity index is 3.03. The van der Waals surface area contributed by atoms with E-state index >= 15 is 0 Å². The van der Waals surface area contributed by atoms with E-state index in [0.29, 0.717) is 17.1 Å². The first-order valence-corrected chi connectivity index (χ1v) is 5.46. The van der Waals surface area contributed by atoms with E-state index in [9.17, 15) is 10.2 Å². The van der Waals surface area contributed by atoms with Crippen molar-refractivity contribution in [3.05, 3.63) is 23.8 Å². The van der Waals surface area contributed by atoms with Gasteiger partial charge in [0, 0.05) is 17.4 Å². The van der Waals surface area contributed by atoms with Crippen LogP contribution in [-0.4, -0.2) is 36.3 Å². The van der Waals surface area contributed by atoms with Gasteiger partial charge < -0.3 is 19.7 Å². The van der Waals surface area contributed by atoms with E-state index in [2.05, 4.69) is 12.6 Å². The van der Waals surface area contributed by atoms with Crippen LogP contribution in [0.2, 0.25) is 0 Å². The molecule has 0 bridgehead atoms. The minimum atomic E-state index is -1.02. The van der Waals surface area contributed by atoms with Crippen LogP contribution in [0.3, 0.4) is 0 Å². The minimum Gasteiger partial charge on any atom is -0.497 e. The first kappa shape index (κ1) is 13.2. The van der Waals surface area contributed by atoms with Crippen molar-refractivity contribution in [1.82, 2.24) is 0 Å². The van der Waals surface area contributed by atoms with Crippen molar-refractivity contribution in [2.75, 3.05) is 20.0 Å². The minimum absolute atomic E-state index is 0.177. The summed E-state index contributed by atoms with van der Waals surface area (Å²) >= 11 is 3.93. The molecular formula is C11H16O4S. The van der Waals surface area contributed by atoms with Gasteiger partial charge in [-0.25, -0.2) is 0 Å². The zero-order chi connectivity index (χ0) is 12.1. The topological polar surface area (TPSA) is 58.9 Å². The maximum atomic E-state index is 9.84. The summed E-state index contributed by atoms with van der Waals surface area (Å²) < 4.78 is 10.2. The maximum absolute atomic E-state index is 9.84.